The van der Waals surface area contributed by atoms with Crippen molar-refractivity contribution in [1.82, 2.24) is 0 Å². The number of quaternary nitrogens is 1. The molecule has 3 aromatic rings. The van der Waals surface area contributed by atoms with Crippen LogP contribution in [0.2, 0.25) is 0 Å². The lowest BCUT2D eigenvalue weighted by Gasteiger charge is -2.51. The first kappa shape index (κ1) is 33.3. The van der Waals surface area contributed by atoms with Crippen molar-refractivity contribution in [2.24, 2.45) is 5.92 Å². The van der Waals surface area contributed by atoms with Gasteiger partial charge in [0.05, 0.1) is 30.2 Å². The van der Waals surface area contributed by atoms with Crippen LogP contribution in [-0.2, 0) is 20.9 Å². The van der Waals surface area contributed by atoms with Gasteiger partial charge in [-0.05, 0) is 47.3 Å². The Morgan fingerprint density at radius 1 is 0.933 bits per heavy atom. The highest BCUT2D eigenvalue weighted by molar-refractivity contribution is 7.12. The highest BCUT2D eigenvalue weighted by Crippen LogP contribution is 2.36. The summed E-state index contributed by atoms with van der Waals surface area (Å²) < 4.78 is 61.6. The number of thiophene rings is 1. The molecule has 0 saturated carbocycles. The molecule has 0 aliphatic carbocycles. The molecule has 2 aromatic carbocycles. The Balaban J connectivity index is 0.000000510. The van der Waals surface area contributed by atoms with Crippen molar-refractivity contribution in [2.75, 3.05) is 31.1 Å². The number of hydrogen-bond acceptors (Lipinski definition) is 6. The van der Waals surface area contributed by atoms with E-state index in [0.29, 0.717) is 34.6 Å². The number of halogens is 4. The molecule has 1 aromatic heterocycles. The lowest BCUT2D eigenvalue weighted by atomic mass is 9.83. The van der Waals surface area contributed by atoms with Crippen molar-refractivity contribution < 1.29 is 56.2 Å². The van der Waals surface area contributed by atoms with Crippen LogP contribution in [-0.4, -0.2) is 70.8 Å². The van der Waals surface area contributed by atoms with Gasteiger partial charge in [0.15, 0.2) is 23.6 Å². The Kier molecular flexibility index (Phi) is 10.7. The zero-order valence-corrected chi connectivity index (χ0v) is 24.5. The molecule has 238 valence electrons. The quantitative estimate of drug-likeness (QED) is 0.101. The van der Waals surface area contributed by atoms with E-state index in [4.69, 9.17) is 14.9 Å². The second-order valence-corrected chi connectivity index (χ2v) is 11.7. The minimum atomic E-state index is -1.61. The fraction of sp³-hybridized carbons (Fsp3) is 0.290. The molecule has 14 heteroatoms. The normalized spacial score (nSPS) is 20.3. The van der Waals surface area contributed by atoms with E-state index in [9.17, 15) is 36.7 Å². The van der Waals surface area contributed by atoms with Gasteiger partial charge in [-0.1, -0.05) is 12.1 Å². The number of fused-ring (bicyclic) bond motifs is 3. The van der Waals surface area contributed by atoms with E-state index >= 15 is 0 Å². The summed E-state index contributed by atoms with van der Waals surface area (Å²) in [5, 5.41) is 17.5. The number of nitrogens with zero attached hydrogens (tertiary/aromatic N) is 2. The van der Waals surface area contributed by atoms with Crippen LogP contribution in [0.4, 0.5) is 28.0 Å². The first-order valence-corrected chi connectivity index (χ1v) is 14.7. The topological polar surface area (TPSA) is 121 Å². The van der Waals surface area contributed by atoms with Crippen LogP contribution in [0.3, 0.4) is 0 Å². The molecule has 2 bridgehead atoms. The van der Waals surface area contributed by atoms with E-state index in [2.05, 4.69) is 0 Å². The van der Waals surface area contributed by atoms with Crippen molar-refractivity contribution in [3.63, 3.8) is 0 Å². The maximum atomic E-state index is 14.0. The molecule has 6 rings (SSSR count). The zero-order chi connectivity index (χ0) is 32.7. The van der Waals surface area contributed by atoms with E-state index in [1.165, 1.54) is 29.5 Å². The number of anilines is 1. The van der Waals surface area contributed by atoms with Gasteiger partial charge in [0.25, 0.3) is 0 Å². The number of piperidine rings is 3. The minimum absolute atomic E-state index is 0.0171. The SMILES string of the molecule is O=C(C[N+]12CCC(CC1)C(OC(=O)N(Cc1cc(F)c(F)c(F)c1)c1cccc(F)c1)C2)c1cccs1.O=C(O)/C=C/C(=O)O. The van der Waals surface area contributed by atoms with Crippen LogP contribution in [0.5, 0.6) is 0 Å². The Morgan fingerprint density at radius 2 is 1.58 bits per heavy atom. The summed E-state index contributed by atoms with van der Waals surface area (Å²) in [4.78, 5) is 47.1. The van der Waals surface area contributed by atoms with Crippen LogP contribution in [0.15, 0.2) is 66.1 Å². The van der Waals surface area contributed by atoms with E-state index in [0.717, 1.165) is 49.0 Å². The number of benzene rings is 2. The number of carboxylic acid groups (broad SMARTS) is 2. The summed E-state index contributed by atoms with van der Waals surface area (Å²) in [7, 11) is 0. The first-order chi connectivity index (χ1) is 21.4. The van der Waals surface area contributed by atoms with Gasteiger partial charge >= 0.3 is 18.0 Å². The van der Waals surface area contributed by atoms with E-state index in [-0.39, 0.29) is 29.5 Å². The molecule has 1 unspecified atom stereocenters. The van der Waals surface area contributed by atoms with Crippen molar-refractivity contribution >= 4 is 40.8 Å². The fourth-order valence-electron chi connectivity index (χ4n) is 5.52. The Bertz CT molecular complexity index is 1550. The number of carboxylic acids is 2. The Hall–Kier alpha value is -4.56. The van der Waals surface area contributed by atoms with Crippen molar-refractivity contribution in [3.05, 3.63) is 99.8 Å². The lowest BCUT2D eigenvalue weighted by Crippen LogP contribution is -2.66. The average Bonchev–Trinajstić information content (AvgIpc) is 3.54. The highest BCUT2D eigenvalue weighted by atomic mass is 32.1. The number of ether oxygens (including phenoxy) is 1. The van der Waals surface area contributed by atoms with Crippen LogP contribution >= 0.6 is 11.3 Å². The number of Topliss-reactive ketones (excluding diaryl/α,β-unsaturated/α-hetero) is 1. The molecule has 3 aliphatic heterocycles. The summed E-state index contributed by atoms with van der Waals surface area (Å²) in [6, 6.07) is 10.4. The van der Waals surface area contributed by atoms with Gasteiger partial charge in [0.1, 0.15) is 18.9 Å². The largest absolute Gasteiger partial charge is 0.478 e. The van der Waals surface area contributed by atoms with Crippen LogP contribution in [0, 0.1) is 29.2 Å². The Labute approximate surface area is 259 Å². The van der Waals surface area contributed by atoms with Crippen LogP contribution in [0.1, 0.15) is 28.1 Å². The zero-order valence-electron chi connectivity index (χ0n) is 23.7. The molecule has 3 fully saturated rings. The predicted octanol–water partition coefficient (Wildman–Crippen LogP) is 5.65. The van der Waals surface area contributed by atoms with Crippen LogP contribution < -0.4 is 4.90 Å². The number of amides is 1. The molecule has 0 spiro atoms. The van der Waals surface area contributed by atoms with Crippen molar-refractivity contribution in [2.45, 2.75) is 25.5 Å². The first-order valence-electron chi connectivity index (χ1n) is 13.8. The summed E-state index contributed by atoms with van der Waals surface area (Å²) in [5.74, 6) is -7.32. The molecule has 4 heterocycles. The molecule has 0 radical (unpaired) electrons. The molecule has 45 heavy (non-hydrogen) atoms. The number of carbonyl (C=O) groups is 4. The minimum Gasteiger partial charge on any atom is -0.478 e. The standard InChI is InChI=1S/C27H25F4N2O3S.C4H4O4/c28-19-3-1-4-20(13-19)32(14-17-11-21(29)26(31)22(30)12-17)27(35)36-24-16-33(8-6-18(24)7-9-33)15-23(34)25-5-2-10-37-25;5-3(6)1-2-4(7)8/h1-5,10-13,18,24H,6-9,14-16H2;1-2H,(H,5,6)(H,7,8)/q+1;/b;2-1+. The van der Waals surface area contributed by atoms with E-state index in [1.54, 1.807) is 6.07 Å². The van der Waals surface area contributed by atoms with Crippen LogP contribution in [0.25, 0.3) is 0 Å². The van der Waals surface area contributed by atoms with Gasteiger partial charge in [-0.25, -0.2) is 31.9 Å². The summed E-state index contributed by atoms with van der Waals surface area (Å²) in [6.45, 7) is 2.08. The highest BCUT2D eigenvalue weighted by Gasteiger charge is 2.49. The second kappa shape index (κ2) is 14.5. The van der Waals surface area contributed by atoms with E-state index < -0.39 is 47.4 Å². The van der Waals surface area contributed by atoms with Gasteiger partial charge in [0.2, 0.25) is 5.78 Å². The van der Waals surface area contributed by atoms with Gasteiger partial charge in [-0.15, -0.1) is 11.3 Å². The van der Waals surface area contributed by atoms with Gasteiger partial charge < -0.3 is 19.4 Å². The molecular formula is C31H29F4N2O7S+. The second-order valence-electron chi connectivity index (χ2n) is 10.7. The lowest BCUT2D eigenvalue weighted by molar-refractivity contribution is -0.938. The molecule has 2 N–H and O–H groups in total. The number of carbonyl (C=O) groups excluding carboxylic acids is 2. The smallest absolute Gasteiger partial charge is 0.415 e. The maximum absolute atomic E-state index is 14.0. The molecular weight excluding hydrogens is 620 g/mol. The molecule has 1 atom stereocenters. The third kappa shape index (κ3) is 8.76. The summed E-state index contributed by atoms with van der Waals surface area (Å²) >= 11 is 1.40. The van der Waals surface area contributed by atoms with Gasteiger partial charge in [-0.2, -0.15) is 0 Å². The number of rotatable bonds is 9. The maximum Gasteiger partial charge on any atom is 0.415 e. The van der Waals surface area contributed by atoms with Gasteiger partial charge in [-0.3, -0.25) is 9.69 Å². The molecule has 9 nitrogen and oxygen atoms in total. The van der Waals surface area contributed by atoms with E-state index in [1.807, 2.05) is 11.4 Å². The average molecular weight is 650 g/mol. The number of ketones is 1. The molecule has 3 aliphatic rings. The molecule has 1 amide bonds. The van der Waals surface area contributed by atoms with Crippen molar-refractivity contribution in [1.29, 1.82) is 0 Å². The Morgan fingerprint density at radius 3 is 2.13 bits per heavy atom. The monoisotopic (exact) mass is 649 g/mol. The number of aliphatic carboxylic acids is 2. The molecule has 3 saturated heterocycles. The third-order valence-corrected chi connectivity index (χ3v) is 8.57. The van der Waals surface area contributed by atoms with Gasteiger partial charge in [0, 0.05) is 30.9 Å². The van der Waals surface area contributed by atoms with Crippen molar-refractivity contribution in [3.8, 4) is 0 Å². The number of hydrogen-bond donors (Lipinski definition) is 2. The third-order valence-electron chi connectivity index (χ3n) is 7.66. The predicted molar refractivity (Wildman–Crippen MR) is 155 cm³/mol. The summed E-state index contributed by atoms with van der Waals surface area (Å²) in [5.41, 5.74) is 0.116. The fourth-order valence-corrected chi connectivity index (χ4v) is 6.18. The summed E-state index contributed by atoms with van der Waals surface area (Å²) in [6.07, 6.45) is 1.43.